The van der Waals surface area contributed by atoms with Crippen molar-refractivity contribution in [2.75, 3.05) is 19.6 Å². The van der Waals surface area contributed by atoms with Crippen LogP contribution in [0.5, 0.6) is 0 Å². The summed E-state index contributed by atoms with van der Waals surface area (Å²) in [5.74, 6) is 1.75. The Kier molecular flexibility index (Phi) is 6.75. The third-order valence-corrected chi connectivity index (χ3v) is 5.14. The summed E-state index contributed by atoms with van der Waals surface area (Å²) in [5, 5.41) is 3.63. The van der Waals surface area contributed by atoms with Gasteiger partial charge in [0, 0.05) is 12.6 Å². The molecule has 4 nitrogen and oxygen atoms in total. The summed E-state index contributed by atoms with van der Waals surface area (Å²) >= 11 is 0. The van der Waals surface area contributed by atoms with Gasteiger partial charge in [-0.3, -0.25) is 0 Å². The zero-order valence-electron chi connectivity index (χ0n) is 15.6. The standard InChI is InChI=1S/C19H36N2O2/c1-15-7-5-8-16(13-15)14-20-11-10-17-9-6-12-21(17)18(22)23-19(2,3)4/h15-17,20H,5-14H2,1-4H3. The van der Waals surface area contributed by atoms with Crippen LogP contribution in [0.4, 0.5) is 4.79 Å². The van der Waals surface area contributed by atoms with E-state index in [1.54, 1.807) is 0 Å². The van der Waals surface area contributed by atoms with Gasteiger partial charge in [-0.05, 0) is 77.8 Å². The molecular formula is C19H36N2O2. The number of hydrogen-bond donors (Lipinski definition) is 1. The van der Waals surface area contributed by atoms with Gasteiger partial charge in [-0.2, -0.15) is 0 Å². The summed E-state index contributed by atoms with van der Waals surface area (Å²) in [5.41, 5.74) is -0.403. The second-order valence-corrected chi connectivity index (χ2v) is 8.60. The fraction of sp³-hybridized carbons (Fsp3) is 0.947. The molecule has 0 bridgehead atoms. The van der Waals surface area contributed by atoms with Crippen molar-refractivity contribution >= 4 is 6.09 Å². The van der Waals surface area contributed by atoms with Gasteiger partial charge in [-0.15, -0.1) is 0 Å². The lowest BCUT2D eigenvalue weighted by Crippen LogP contribution is -2.41. The molecule has 4 heteroatoms. The number of carbonyl (C=O) groups excluding carboxylic acids is 1. The Hall–Kier alpha value is -0.770. The highest BCUT2D eigenvalue weighted by Gasteiger charge is 2.31. The molecule has 3 atom stereocenters. The predicted octanol–water partition coefficient (Wildman–Crippen LogP) is 4.19. The number of carbonyl (C=O) groups is 1. The molecule has 1 amide bonds. The zero-order chi connectivity index (χ0) is 16.9. The molecule has 0 spiro atoms. The van der Waals surface area contributed by atoms with E-state index in [-0.39, 0.29) is 6.09 Å². The first-order valence-corrected chi connectivity index (χ1v) is 9.55. The molecule has 0 aromatic rings. The second-order valence-electron chi connectivity index (χ2n) is 8.60. The van der Waals surface area contributed by atoms with Crippen molar-refractivity contribution in [1.82, 2.24) is 10.2 Å². The van der Waals surface area contributed by atoms with E-state index in [0.717, 1.165) is 50.7 Å². The number of likely N-dealkylation sites (tertiary alicyclic amines) is 1. The van der Waals surface area contributed by atoms with Crippen LogP contribution in [0.25, 0.3) is 0 Å². The van der Waals surface area contributed by atoms with Crippen LogP contribution in [0.3, 0.4) is 0 Å². The number of nitrogens with zero attached hydrogens (tertiary/aromatic N) is 1. The summed E-state index contributed by atoms with van der Waals surface area (Å²) in [7, 11) is 0. The van der Waals surface area contributed by atoms with Gasteiger partial charge in [-0.1, -0.05) is 19.8 Å². The lowest BCUT2D eigenvalue weighted by molar-refractivity contribution is 0.0220. The van der Waals surface area contributed by atoms with Crippen LogP contribution in [0, 0.1) is 11.8 Å². The molecule has 1 heterocycles. The minimum atomic E-state index is -0.403. The molecule has 1 aliphatic heterocycles. The van der Waals surface area contributed by atoms with Crippen LogP contribution < -0.4 is 5.32 Å². The van der Waals surface area contributed by atoms with Crippen molar-refractivity contribution in [1.29, 1.82) is 0 Å². The molecule has 0 radical (unpaired) electrons. The molecule has 1 N–H and O–H groups in total. The fourth-order valence-electron chi connectivity index (χ4n) is 4.02. The molecular weight excluding hydrogens is 288 g/mol. The molecule has 1 aliphatic carbocycles. The van der Waals surface area contributed by atoms with Gasteiger partial charge in [-0.25, -0.2) is 4.79 Å². The molecule has 134 valence electrons. The molecule has 0 aromatic carbocycles. The van der Waals surface area contributed by atoms with Crippen molar-refractivity contribution in [2.24, 2.45) is 11.8 Å². The first-order chi connectivity index (χ1) is 10.8. The smallest absolute Gasteiger partial charge is 0.410 e. The van der Waals surface area contributed by atoms with Crippen LogP contribution in [0.1, 0.15) is 72.6 Å². The van der Waals surface area contributed by atoms with Gasteiger partial charge in [0.25, 0.3) is 0 Å². The van der Waals surface area contributed by atoms with Crippen LogP contribution in [-0.4, -0.2) is 42.3 Å². The van der Waals surface area contributed by atoms with E-state index in [1.165, 1.54) is 25.7 Å². The Morgan fingerprint density at radius 2 is 2.00 bits per heavy atom. The van der Waals surface area contributed by atoms with E-state index >= 15 is 0 Å². The Morgan fingerprint density at radius 3 is 2.70 bits per heavy atom. The molecule has 2 aliphatic rings. The first kappa shape index (κ1) is 18.6. The Morgan fingerprint density at radius 1 is 1.22 bits per heavy atom. The third kappa shape index (κ3) is 6.33. The quantitative estimate of drug-likeness (QED) is 0.771. The molecule has 23 heavy (non-hydrogen) atoms. The summed E-state index contributed by atoms with van der Waals surface area (Å²) in [6.45, 7) is 11.2. The number of ether oxygens (including phenoxy) is 1. The Bertz CT molecular complexity index is 378. The molecule has 2 rings (SSSR count). The highest BCUT2D eigenvalue weighted by Crippen LogP contribution is 2.28. The molecule has 1 saturated heterocycles. The van der Waals surface area contributed by atoms with E-state index in [4.69, 9.17) is 4.74 Å². The topological polar surface area (TPSA) is 41.6 Å². The average molecular weight is 325 g/mol. The van der Waals surface area contributed by atoms with Gasteiger partial charge >= 0.3 is 6.09 Å². The summed E-state index contributed by atoms with van der Waals surface area (Å²) in [4.78, 5) is 14.2. The van der Waals surface area contributed by atoms with Crippen LogP contribution in [-0.2, 0) is 4.74 Å². The SMILES string of the molecule is CC1CCCC(CNCCC2CCCN2C(=O)OC(C)(C)C)C1. The minimum absolute atomic E-state index is 0.138. The summed E-state index contributed by atoms with van der Waals surface area (Å²) < 4.78 is 5.53. The van der Waals surface area contributed by atoms with E-state index in [2.05, 4.69) is 12.2 Å². The highest BCUT2D eigenvalue weighted by atomic mass is 16.6. The molecule has 0 aromatic heterocycles. The van der Waals surface area contributed by atoms with Gasteiger partial charge in [0.15, 0.2) is 0 Å². The summed E-state index contributed by atoms with van der Waals surface area (Å²) in [6, 6.07) is 0.350. The van der Waals surface area contributed by atoms with Crippen molar-refractivity contribution < 1.29 is 9.53 Å². The van der Waals surface area contributed by atoms with Crippen molar-refractivity contribution in [3.05, 3.63) is 0 Å². The fourth-order valence-corrected chi connectivity index (χ4v) is 4.02. The normalized spacial score (nSPS) is 28.9. The number of hydrogen-bond acceptors (Lipinski definition) is 3. The molecule has 2 fully saturated rings. The number of nitrogens with one attached hydrogen (secondary N) is 1. The Balaban J connectivity index is 1.67. The van der Waals surface area contributed by atoms with Crippen LogP contribution in [0.2, 0.25) is 0 Å². The second kappa shape index (κ2) is 8.36. The Labute approximate surface area is 142 Å². The van der Waals surface area contributed by atoms with E-state index in [9.17, 15) is 4.79 Å². The van der Waals surface area contributed by atoms with Gasteiger partial charge < -0.3 is 15.0 Å². The van der Waals surface area contributed by atoms with Crippen LogP contribution >= 0.6 is 0 Å². The lowest BCUT2D eigenvalue weighted by atomic mass is 9.82. The predicted molar refractivity (Wildman–Crippen MR) is 94.6 cm³/mol. The number of rotatable bonds is 5. The molecule has 3 unspecified atom stereocenters. The van der Waals surface area contributed by atoms with E-state index in [1.807, 2.05) is 25.7 Å². The monoisotopic (exact) mass is 324 g/mol. The largest absolute Gasteiger partial charge is 0.444 e. The lowest BCUT2D eigenvalue weighted by Gasteiger charge is -2.29. The number of amides is 1. The van der Waals surface area contributed by atoms with Gasteiger partial charge in [0.05, 0.1) is 0 Å². The minimum Gasteiger partial charge on any atom is -0.444 e. The highest BCUT2D eigenvalue weighted by molar-refractivity contribution is 5.68. The first-order valence-electron chi connectivity index (χ1n) is 9.55. The maximum atomic E-state index is 12.3. The van der Waals surface area contributed by atoms with Gasteiger partial charge in [0.2, 0.25) is 0 Å². The van der Waals surface area contributed by atoms with E-state index < -0.39 is 5.60 Å². The van der Waals surface area contributed by atoms with Crippen molar-refractivity contribution in [2.45, 2.75) is 84.3 Å². The van der Waals surface area contributed by atoms with Crippen molar-refractivity contribution in [3.63, 3.8) is 0 Å². The van der Waals surface area contributed by atoms with Crippen LogP contribution in [0.15, 0.2) is 0 Å². The van der Waals surface area contributed by atoms with Gasteiger partial charge in [0.1, 0.15) is 5.60 Å². The maximum absolute atomic E-state index is 12.3. The molecule has 1 saturated carbocycles. The average Bonchev–Trinajstić information content (AvgIpc) is 2.90. The maximum Gasteiger partial charge on any atom is 0.410 e. The van der Waals surface area contributed by atoms with E-state index in [0.29, 0.717) is 6.04 Å². The zero-order valence-corrected chi connectivity index (χ0v) is 15.6. The van der Waals surface area contributed by atoms with Crippen molar-refractivity contribution in [3.8, 4) is 0 Å². The summed E-state index contributed by atoms with van der Waals surface area (Å²) in [6.07, 6.45) is 8.67. The third-order valence-electron chi connectivity index (χ3n) is 5.14.